The van der Waals surface area contributed by atoms with Gasteiger partial charge >= 0.3 is 0 Å². The molecule has 0 aromatic heterocycles. The van der Waals surface area contributed by atoms with E-state index in [4.69, 9.17) is 5.73 Å². The summed E-state index contributed by atoms with van der Waals surface area (Å²) in [5.74, 6) is -0.480. The first kappa shape index (κ1) is 9.74. The van der Waals surface area contributed by atoms with E-state index in [9.17, 15) is 9.90 Å². The van der Waals surface area contributed by atoms with E-state index in [-0.39, 0.29) is 0 Å². The summed E-state index contributed by atoms with van der Waals surface area (Å²) >= 11 is 0. The topological polar surface area (TPSA) is 63.3 Å². The van der Waals surface area contributed by atoms with Crippen molar-refractivity contribution in [1.82, 2.24) is 0 Å². The van der Waals surface area contributed by atoms with E-state index >= 15 is 0 Å². The molecule has 0 saturated heterocycles. The zero-order valence-electron chi connectivity index (χ0n) is 7.74. The third-order valence-corrected chi connectivity index (χ3v) is 1.85. The fourth-order valence-electron chi connectivity index (χ4n) is 1.05. The monoisotopic (exact) mass is 179 g/mol. The fourth-order valence-corrected chi connectivity index (χ4v) is 1.05. The number of primary amides is 1. The van der Waals surface area contributed by atoms with E-state index in [1.807, 2.05) is 0 Å². The molecule has 0 atom stereocenters. The molecule has 70 valence electrons. The van der Waals surface area contributed by atoms with Gasteiger partial charge in [-0.3, -0.25) is 4.79 Å². The van der Waals surface area contributed by atoms with Crippen LogP contribution in [-0.2, 0) is 5.60 Å². The second kappa shape index (κ2) is 3.18. The number of hydrogen-bond acceptors (Lipinski definition) is 2. The van der Waals surface area contributed by atoms with E-state index in [2.05, 4.69) is 0 Å². The summed E-state index contributed by atoms with van der Waals surface area (Å²) < 4.78 is 0. The number of aliphatic hydroxyl groups is 1. The van der Waals surface area contributed by atoms with Crippen molar-refractivity contribution in [1.29, 1.82) is 0 Å². The van der Waals surface area contributed by atoms with Crippen LogP contribution in [0.25, 0.3) is 0 Å². The van der Waals surface area contributed by atoms with E-state index < -0.39 is 11.5 Å². The first-order valence-electron chi connectivity index (χ1n) is 4.04. The van der Waals surface area contributed by atoms with E-state index in [1.165, 1.54) is 0 Å². The third-order valence-electron chi connectivity index (χ3n) is 1.85. The quantitative estimate of drug-likeness (QED) is 0.711. The Bertz CT molecular complexity index is 326. The Balaban J connectivity index is 3.13. The number of nitrogens with two attached hydrogens (primary N) is 1. The van der Waals surface area contributed by atoms with Crippen LogP contribution in [0.5, 0.6) is 0 Å². The minimum absolute atomic E-state index is 0.416. The van der Waals surface area contributed by atoms with Crippen LogP contribution in [-0.4, -0.2) is 11.0 Å². The molecule has 1 aromatic rings. The lowest BCUT2D eigenvalue weighted by atomic mass is 9.96. The van der Waals surface area contributed by atoms with Crippen molar-refractivity contribution in [3.8, 4) is 0 Å². The Morgan fingerprint density at radius 1 is 1.46 bits per heavy atom. The second-order valence-electron chi connectivity index (χ2n) is 3.50. The predicted octanol–water partition coefficient (Wildman–Crippen LogP) is 1.01. The van der Waals surface area contributed by atoms with Crippen LogP contribution in [0.15, 0.2) is 24.3 Å². The van der Waals surface area contributed by atoms with Gasteiger partial charge in [0.2, 0.25) is 5.91 Å². The molecule has 13 heavy (non-hydrogen) atoms. The smallest absolute Gasteiger partial charge is 0.248 e. The first-order chi connectivity index (χ1) is 5.91. The van der Waals surface area contributed by atoms with Crippen molar-refractivity contribution in [3.05, 3.63) is 35.4 Å². The van der Waals surface area contributed by atoms with Crippen molar-refractivity contribution >= 4 is 5.91 Å². The summed E-state index contributed by atoms with van der Waals surface area (Å²) in [6, 6.07) is 6.68. The molecule has 0 heterocycles. The summed E-state index contributed by atoms with van der Waals surface area (Å²) in [6.07, 6.45) is 0. The lowest BCUT2D eigenvalue weighted by molar-refractivity contribution is 0.0785. The van der Waals surface area contributed by atoms with Gasteiger partial charge in [-0.15, -0.1) is 0 Å². The Morgan fingerprint density at radius 2 is 2.08 bits per heavy atom. The molecule has 1 rings (SSSR count). The molecule has 0 aliphatic rings. The molecule has 0 aliphatic carbocycles. The summed E-state index contributed by atoms with van der Waals surface area (Å²) in [4.78, 5) is 10.8. The maximum atomic E-state index is 10.8. The molecule has 0 aliphatic heterocycles. The molecule has 0 fully saturated rings. The molecule has 3 heteroatoms. The Kier molecular flexibility index (Phi) is 2.38. The Morgan fingerprint density at radius 3 is 2.54 bits per heavy atom. The third kappa shape index (κ3) is 2.29. The van der Waals surface area contributed by atoms with E-state index in [0.29, 0.717) is 11.1 Å². The van der Waals surface area contributed by atoms with Crippen LogP contribution < -0.4 is 5.73 Å². The summed E-state index contributed by atoms with van der Waals surface area (Å²) in [5.41, 5.74) is 5.27. The molecular formula is C10H13NO2. The summed E-state index contributed by atoms with van der Waals surface area (Å²) in [7, 11) is 0. The van der Waals surface area contributed by atoms with Gasteiger partial charge in [-0.2, -0.15) is 0 Å². The normalized spacial score (nSPS) is 11.3. The number of carbonyl (C=O) groups excluding carboxylic acids is 1. The van der Waals surface area contributed by atoms with Gasteiger partial charge in [0.1, 0.15) is 0 Å². The number of carbonyl (C=O) groups is 1. The van der Waals surface area contributed by atoms with Crippen LogP contribution >= 0.6 is 0 Å². The molecule has 0 saturated carbocycles. The molecule has 1 aromatic carbocycles. The Hall–Kier alpha value is -1.35. The number of benzene rings is 1. The van der Waals surface area contributed by atoms with Gasteiger partial charge in [0.05, 0.1) is 5.60 Å². The number of amides is 1. The number of rotatable bonds is 2. The molecule has 1 amide bonds. The van der Waals surface area contributed by atoms with Crippen LogP contribution in [0.3, 0.4) is 0 Å². The minimum atomic E-state index is -0.939. The zero-order chi connectivity index (χ0) is 10.1. The molecule has 3 nitrogen and oxygen atoms in total. The first-order valence-corrected chi connectivity index (χ1v) is 4.04. The van der Waals surface area contributed by atoms with E-state index in [1.54, 1.807) is 38.1 Å². The van der Waals surface area contributed by atoms with Crippen molar-refractivity contribution in [3.63, 3.8) is 0 Å². The highest BCUT2D eigenvalue weighted by Gasteiger charge is 2.16. The highest BCUT2D eigenvalue weighted by atomic mass is 16.3. The summed E-state index contributed by atoms with van der Waals surface area (Å²) in [6.45, 7) is 3.32. The minimum Gasteiger partial charge on any atom is -0.386 e. The van der Waals surface area contributed by atoms with Crippen LogP contribution in [0.2, 0.25) is 0 Å². The van der Waals surface area contributed by atoms with Crippen molar-refractivity contribution in [2.24, 2.45) is 5.73 Å². The largest absolute Gasteiger partial charge is 0.386 e. The molecular weight excluding hydrogens is 166 g/mol. The second-order valence-corrected chi connectivity index (χ2v) is 3.50. The maximum Gasteiger partial charge on any atom is 0.248 e. The fraction of sp³-hybridized carbons (Fsp3) is 0.300. The SMILES string of the molecule is CC(C)(O)c1cccc(C(N)=O)c1. The lowest BCUT2D eigenvalue weighted by Gasteiger charge is -2.17. The molecule has 0 radical (unpaired) electrons. The van der Waals surface area contributed by atoms with Gasteiger partial charge in [-0.05, 0) is 31.5 Å². The number of hydrogen-bond donors (Lipinski definition) is 2. The zero-order valence-corrected chi connectivity index (χ0v) is 7.74. The Labute approximate surface area is 77.2 Å². The van der Waals surface area contributed by atoms with Gasteiger partial charge < -0.3 is 10.8 Å². The van der Waals surface area contributed by atoms with Crippen molar-refractivity contribution in [2.75, 3.05) is 0 Å². The van der Waals surface area contributed by atoms with Crippen molar-refractivity contribution < 1.29 is 9.90 Å². The van der Waals surface area contributed by atoms with Crippen LogP contribution in [0.1, 0.15) is 29.8 Å². The van der Waals surface area contributed by atoms with Gasteiger partial charge in [0.25, 0.3) is 0 Å². The highest BCUT2D eigenvalue weighted by molar-refractivity contribution is 5.92. The molecule has 0 spiro atoms. The standard InChI is InChI=1S/C10H13NO2/c1-10(2,13)8-5-3-4-7(6-8)9(11)12/h3-6,13H,1-2H3,(H2,11,12). The molecule has 3 N–H and O–H groups in total. The van der Waals surface area contributed by atoms with Crippen LogP contribution in [0, 0.1) is 0 Å². The van der Waals surface area contributed by atoms with Gasteiger partial charge in [-0.1, -0.05) is 12.1 Å². The van der Waals surface area contributed by atoms with Gasteiger partial charge in [-0.25, -0.2) is 0 Å². The van der Waals surface area contributed by atoms with E-state index in [0.717, 1.165) is 0 Å². The lowest BCUT2D eigenvalue weighted by Crippen LogP contribution is -2.17. The van der Waals surface area contributed by atoms with Gasteiger partial charge in [0.15, 0.2) is 0 Å². The molecule has 0 bridgehead atoms. The van der Waals surface area contributed by atoms with Crippen LogP contribution in [0.4, 0.5) is 0 Å². The molecule has 0 unspecified atom stereocenters. The highest BCUT2D eigenvalue weighted by Crippen LogP contribution is 2.19. The summed E-state index contributed by atoms with van der Waals surface area (Å²) in [5, 5.41) is 9.64. The average molecular weight is 179 g/mol. The average Bonchev–Trinajstić information content (AvgIpc) is 2.03. The van der Waals surface area contributed by atoms with Gasteiger partial charge in [0, 0.05) is 5.56 Å². The van der Waals surface area contributed by atoms with Crippen molar-refractivity contribution in [2.45, 2.75) is 19.4 Å². The predicted molar refractivity (Wildman–Crippen MR) is 50.2 cm³/mol. The maximum absolute atomic E-state index is 10.8.